The summed E-state index contributed by atoms with van der Waals surface area (Å²) in [6.45, 7) is 6.50. The zero-order valence-corrected chi connectivity index (χ0v) is 13.6. The Kier molecular flexibility index (Phi) is 4.86. The van der Waals surface area contributed by atoms with Crippen LogP contribution in [-0.2, 0) is 4.79 Å². The lowest BCUT2D eigenvalue weighted by molar-refractivity contribution is -0.126. The SMILES string of the molecule is CCN1CN(C(=O)N[C@H]2CCN(CC3CCCC3)C2)CC1=O. The normalized spacial score (nSPS) is 27.1. The summed E-state index contributed by atoms with van der Waals surface area (Å²) in [5.41, 5.74) is 0. The van der Waals surface area contributed by atoms with Gasteiger partial charge in [0.2, 0.25) is 5.91 Å². The van der Waals surface area contributed by atoms with Crippen LogP contribution in [0.1, 0.15) is 39.0 Å². The van der Waals surface area contributed by atoms with Crippen LogP contribution in [0.5, 0.6) is 0 Å². The summed E-state index contributed by atoms with van der Waals surface area (Å²) in [5.74, 6) is 0.913. The van der Waals surface area contributed by atoms with Gasteiger partial charge in [0.1, 0.15) is 6.54 Å². The van der Waals surface area contributed by atoms with Gasteiger partial charge in [-0.3, -0.25) is 9.69 Å². The molecule has 0 spiro atoms. The van der Waals surface area contributed by atoms with Gasteiger partial charge in [-0.1, -0.05) is 12.8 Å². The molecule has 6 heteroatoms. The van der Waals surface area contributed by atoms with Gasteiger partial charge in [-0.25, -0.2) is 4.79 Å². The largest absolute Gasteiger partial charge is 0.334 e. The van der Waals surface area contributed by atoms with Crippen molar-refractivity contribution in [1.82, 2.24) is 20.0 Å². The van der Waals surface area contributed by atoms with Crippen LogP contribution in [0.15, 0.2) is 0 Å². The Hall–Kier alpha value is -1.30. The van der Waals surface area contributed by atoms with E-state index >= 15 is 0 Å². The average molecular weight is 308 g/mol. The fraction of sp³-hybridized carbons (Fsp3) is 0.875. The average Bonchev–Trinajstić information content (AvgIpc) is 3.21. The fourth-order valence-corrected chi connectivity index (χ4v) is 3.95. The van der Waals surface area contributed by atoms with Crippen LogP contribution in [0, 0.1) is 5.92 Å². The Morgan fingerprint density at radius 2 is 2.05 bits per heavy atom. The number of nitrogens with zero attached hydrogens (tertiary/aromatic N) is 3. The maximum Gasteiger partial charge on any atom is 0.319 e. The minimum absolute atomic E-state index is 0.0481. The fourth-order valence-electron chi connectivity index (χ4n) is 3.95. The second-order valence-electron chi connectivity index (χ2n) is 6.93. The van der Waals surface area contributed by atoms with E-state index in [9.17, 15) is 9.59 Å². The second-order valence-corrected chi connectivity index (χ2v) is 6.93. The van der Waals surface area contributed by atoms with E-state index in [2.05, 4.69) is 10.2 Å². The van der Waals surface area contributed by atoms with Gasteiger partial charge in [-0.05, 0) is 32.1 Å². The molecule has 0 bridgehead atoms. The number of hydrogen-bond donors (Lipinski definition) is 1. The lowest BCUT2D eigenvalue weighted by Crippen LogP contribution is -2.45. The number of amides is 3. The van der Waals surface area contributed by atoms with Gasteiger partial charge < -0.3 is 15.1 Å². The molecule has 1 N–H and O–H groups in total. The van der Waals surface area contributed by atoms with Gasteiger partial charge in [0, 0.05) is 32.2 Å². The molecule has 0 unspecified atom stereocenters. The quantitative estimate of drug-likeness (QED) is 0.845. The highest BCUT2D eigenvalue weighted by Crippen LogP contribution is 2.26. The minimum Gasteiger partial charge on any atom is -0.334 e. The van der Waals surface area contributed by atoms with Gasteiger partial charge in [-0.15, -0.1) is 0 Å². The van der Waals surface area contributed by atoms with Crippen molar-refractivity contribution in [2.45, 2.75) is 45.1 Å². The Morgan fingerprint density at radius 3 is 2.73 bits per heavy atom. The zero-order valence-electron chi connectivity index (χ0n) is 13.6. The summed E-state index contributed by atoms with van der Waals surface area (Å²) in [7, 11) is 0. The number of nitrogens with one attached hydrogen (secondary N) is 1. The van der Waals surface area contributed by atoms with Crippen LogP contribution in [-0.4, -0.2) is 72.1 Å². The topological polar surface area (TPSA) is 55.9 Å². The Balaban J connectivity index is 1.42. The number of urea groups is 1. The molecule has 3 rings (SSSR count). The van der Waals surface area contributed by atoms with Gasteiger partial charge in [0.05, 0.1) is 6.67 Å². The van der Waals surface area contributed by atoms with Crippen molar-refractivity contribution in [3.8, 4) is 0 Å². The molecule has 1 saturated carbocycles. The molecule has 2 aliphatic heterocycles. The van der Waals surface area contributed by atoms with E-state index in [1.807, 2.05) is 6.92 Å². The van der Waals surface area contributed by atoms with Crippen molar-refractivity contribution in [2.24, 2.45) is 5.92 Å². The van der Waals surface area contributed by atoms with Gasteiger partial charge in [0.15, 0.2) is 0 Å². The predicted octanol–water partition coefficient (Wildman–Crippen LogP) is 1.08. The number of hydrogen-bond acceptors (Lipinski definition) is 3. The summed E-state index contributed by atoms with van der Waals surface area (Å²) in [5, 5.41) is 3.11. The van der Waals surface area contributed by atoms with Crippen molar-refractivity contribution >= 4 is 11.9 Å². The molecule has 0 aromatic carbocycles. The predicted molar refractivity (Wildman–Crippen MR) is 84.3 cm³/mol. The molecular formula is C16H28N4O2. The number of carbonyl (C=O) groups is 2. The minimum atomic E-state index is -0.0861. The van der Waals surface area contributed by atoms with Crippen molar-refractivity contribution < 1.29 is 9.59 Å². The third kappa shape index (κ3) is 3.54. The van der Waals surface area contributed by atoms with Gasteiger partial charge >= 0.3 is 6.03 Å². The Bertz CT molecular complexity index is 422. The van der Waals surface area contributed by atoms with Crippen LogP contribution in [0.3, 0.4) is 0 Å². The number of rotatable bonds is 4. The maximum atomic E-state index is 12.3. The monoisotopic (exact) mass is 308 g/mol. The summed E-state index contributed by atoms with van der Waals surface area (Å²) in [6.07, 6.45) is 6.54. The van der Waals surface area contributed by atoms with E-state index in [0.29, 0.717) is 13.2 Å². The van der Waals surface area contributed by atoms with E-state index in [1.54, 1.807) is 9.80 Å². The van der Waals surface area contributed by atoms with Gasteiger partial charge in [0.25, 0.3) is 0 Å². The first-order valence-corrected chi connectivity index (χ1v) is 8.71. The first-order valence-electron chi connectivity index (χ1n) is 8.71. The molecule has 0 radical (unpaired) electrons. The highest BCUT2D eigenvalue weighted by atomic mass is 16.2. The van der Waals surface area contributed by atoms with Crippen LogP contribution in [0.4, 0.5) is 4.79 Å². The summed E-state index contributed by atoms with van der Waals surface area (Å²) in [6, 6.07) is 0.150. The zero-order chi connectivity index (χ0) is 15.5. The third-order valence-corrected chi connectivity index (χ3v) is 5.28. The van der Waals surface area contributed by atoms with Crippen LogP contribution >= 0.6 is 0 Å². The highest BCUT2D eigenvalue weighted by molar-refractivity contribution is 5.87. The van der Waals surface area contributed by atoms with E-state index < -0.39 is 0 Å². The van der Waals surface area contributed by atoms with E-state index in [-0.39, 0.29) is 24.5 Å². The molecule has 3 amide bonds. The van der Waals surface area contributed by atoms with Gasteiger partial charge in [-0.2, -0.15) is 0 Å². The maximum absolute atomic E-state index is 12.3. The smallest absolute Gasteiger partial charge is 0.319 e. The molecule has 22 heavy (non-hydrogen) atoms. The van der Waals surface area contributed by atoms with Crippen LogP contribution < -0.4 is 5.32 Å². The second kappa shape index (κ2) is 6.86. The summed E-state index contributed by atoms with van der Waals surface area (Å²) < 4.78 is 0. The van der Waals surface area contributed by atoms with E-state index in [4.69, 9.17) is 0 Å². The molecule has 3 fully saturated rings. The lowest BCUT2D eigenvalue weighted by Gasteiger charge is -2.22. The molecule has 3 aliphatic rings. The molecule has 124 valence electrons. The molecule has 0 aromatic rings. The molecule has 6 nitrogen and oxygen atoms in total. The molecular weight excluding hydrogens is 280 g/mol. The first-order chi connectivity index (χ1) is 10.7. The van der Waals surface area contributed by atoms with E-state index in [1.165, 1.54) is 32.2 Å². The summed E-state index contributed by atoms with van der Waals surface area (Å²) in [4.78, 5) is 29.8. The molecule has 1 aliphatic carbocycles. The molecule has 2 saturated heterocycles. The number of likely N-dealkylation sites (N-methyl/N-ethyl adjacent to an activating group) is 1. The van der Waals surface area contributed by atoms with Crippen molar-refractivity contribution in [3.63, 3.8) is 0 Å². The van der Waals surface area contributed by atoms with Crippen molar-refractivity contribution in [1.29, 1.82) is 0 Å². The Morgan fingerprint density at radius 1 is 1.27 bits per heavy atom. The lowest BCUT2D eigenvalue weighted by atomic mass is 10.1. The molecule has 1 atom stereocenters. The summed E-state index contributed by atoms with van der Waals surface area (Å²) >= 11 is 0. The highest BCUT2D eigenvalue weighted by Gasteiger charge is 2.32. The van der Waals surface area contributed by atoms with Crippen LogP contribution in [0.2, 0.25) is 0 Å². The van der Waals surface area contributed by atoms with E-state index in [0.717, 1.165) is 25.4 Å². The number of carbonyl (C=O) groups excluding carboxylic acids is 2. The Labute approximate surface area is 132 Å². The molecule has 0 aromatic heterocycles. The first kappa shape index (κ1) is 15.6. The number of likely N-dealkylation sites (tertiary alicyclic amines) is 1. The van der Waals surface area contributed by atoms with Crippen molar-refractivity contribution in [3.05, 3.63) is 0 Å². The molecule has 2 heterocycles. The third-order valence-electron chi connectivity index (χ3n) is 5.28. The van der Waals surface area contributed by atoms with Crippen LogP contribution in [0.25, 0.3) is 0 Å². The standard InChI is InChI=1S/C16H28N4O2/c1-2-19-12-20(11-15(19)21)16(22)17-14-7-8-18(10-14)9-13-5-3-4-6-13/h13-14H,2-12H2,1H3,(H,17,22)/t14-/m0/s1. The van der Waals surface area contributed by atoms with Crippen molar-refractivity contribution in [2.75, 3.05) is 39.4 Å².